The van der Waals surface area contributed by atoms with Gasteiger partial charge in [0.2, 0.25) is 11.8 Å². The highest BCUT2D eigenvalue weighted by Gasteiger charge is 2.33. The van der Waals surface area contributed by atoms with Crippen molar-refractivity contribution in [2.75, 3.05) is 37.6 Å². The predicted octanol–water partition coefficient (Wildman–Crippen LogP) is 3.30. The fraction of sp³-hybridized carbons (Fsp3) is 0.696. The number of aromatic nitrogens is 1. The topological polar surface area (TPSA) is 56.8 Å². The molecule has 2 saturated heterocycles. The van der Waals surface area contributed by atoms with E-state index in [-0.39, 0.29) is 11.9 Å². The van der Waals surface area contributed by atoms with Gasteiger partial charge in [-0.15, -0.1) is 0 Å². The number of anilines is 1. The van der Waals surface area contributed by atoms with Crippen LogP contribution in [0.1, 0.15) is 69.3 Å². The average molecular weight is 399 g/mol. The Bertz CT molecular complexity index is 751. The van der Waals surface area contributed by atoms with Gasteiger partial charge < -0.3 is 14.7 Å². The summed E-state index contributed by atoms with van der Waals surface area (Å²) in [5, 5.41) is 0. The van der Waals surface area contributed by atoms with Gasteiger partial charge in [-0.2, -0.15) is 0 Å². The van der Waals surface area contributed by atoms with Crippen molar-refractivity contribution in [2.45, 2.75) is 64.8 Å². The lowest BCUT2D eigenvalue weighted by atomic mass is 10.0. The van der Waals surface area contributed by atoms with Crippen molar-refractivity contribution in [1.82, 2.24) is 14.8 Å². The third-order valence-electron chi connectivity index (χ3n) is 6.90. The minimum atomic E-state index is 0.112. The molecule has 158 valence electrons. The zero-order valence-corrected chi connectivity index (χ0v) is 17.9. The molecule has 0 aromatic carbocycles. The summed E-state index contributed by atoms with van der Waals surface area (Å²) in [6, 6.07) is 4.43. The molecular weight excluding hydrogens is 364 g/mol. The third-order valence-corrected chi connectivity index (χ3v) is 6.90. The zero-order valence-electron chi connectivity index (χ0n) is 17.9. The van der Waals surface area contributed by atoms with Gasteiger partial charge in [0, 0.05) is 57.4 Å². The highest BCUT2D eigenvalue weighted by molar-refractivity contribution is 5.77. The largest absolute Gasteiger partial charge is 0.368 e. The van der Waals surface area contributed by atoms with Crippen molar-refractivity contribution in [2.24, 2.45) is 5.92 Å². The lowest BCUT2D eigenvalue weighted by Gasteiger charge is -2.36. The molecule has 1 atom stereocenters. The van der Waals surface area contributed by atoms with Crippen LogP contribution >= 0.6 is 0 Å². The third kappa shape index (κ3) is 4.57. The summed E-state index contributed by atoms with van der Waals surface area (Å²) in [5.74, 6) is 1.06. The van der Waals surface area contributed by atoms with Crippen molar-refractivity contribution in [3.05, 3.63) is 23.5 Å². The van der Waals surface area contributed by atoms with E-state index in [1.54, 1.807) is 6.92 Å². The number of aryl methyl sites for hydroxylation is 1. The number of carbonyl (C=O) groups is 2. The van der Waals surface area contributed by atoms with Crippen LogP contribution in [0.4, 0.5) is 5.69 Å². The standard InChI is InChI=1S/C23H34N4O2/c1-17-14-20(26-12-10-25(11-13-26)18(2)28)16-21(24-17)22-8-5-9-27(22)23(29)15-19-6-3-4-7-19/h14,16,19,22H,3-13,15H2,1-2H3/t22-/m0/s1. The van der Waals surface area contributed by atoms with E-state index < -0.39 is 0 Å². The summed E-state index contributed by atoms with van der Waals surface area (Å²) in [4.78, 5) is 35.8. The molecule has 29 heavy (non-hydrogen) atoms. The highest BCUT2D eigenvalue weighted by Crippen LogP contribution is 2.35. The Kier molecular flexibility index (Phi) is 6.07. The molecule has 2 aliphatic heterocycles. The smallest absolute Gasteiger partial charge is 0.223 e. The number of hydrogen-bond donors (Lipinski definition) is 0. The fourth-order valence-electron chi connectivity index (χ4n) is 5.26. The Balaban J connectivity index is 1.47. The molecule has 3 fully saturated rings. The fourth-order valence-corrected chi connectivity index (χ4v) is 5.26. The number of amides is 2. The van der Waals surface area contributed by atoms with Crippen LogP contribution in [0.2, 0.25) is 0 Å². The van der Waals surface area contributed by atoms with Crippen LogP contribution in [0.15, 0.2) is 12.1 Å². The van der Waals surface area contributed by atoms with Crippen LogP contribution < -0.4 is 4.90 Å². The molecule has 0 spiro atoms. The average Bonchev–Trinajstić information content (AvgIpc) is 3.39. The maximum absolute atomic E-state index is 13.0. The Morgan fingerprint density at radius 3 is 2.41 bits per heavy atom. The van der Waals surface area contributed by atoms with Gasteiger partial charge in [-0.3, -0.25) is 14.6 Å². The SMILES string of the molecule is CC(=O)N1CCN(c2cc(C)nc([C@@H]3CCCN3C(=O)CC3CCCC3)c2)CC1. The molecule has 2 amide bonds. The molecule has 1 aromatic rings. The zero-order chi connectivity index (χ0) is 20.4. The number of nitrogens with zero attached hydrogens (tertiary/aromatic N) is 4. The van der Waals surface area contributed by atoms with E-state index in [0.717, 1.165) is 57.0 Å². The van der Waals surface area contributed by atoms with Gasteiger partial charge in [-0.05, 0) is 50.7 Å². The molecular formula is C23H34N4O2. The van der Waals surface area contributed by atoms with Crippen molar-refractivity contribution in [3.8, 4) is 0 Å². The second-order valence-electron chi connectivity index (χ2n) is 8.98. The molecule has 0 N–H and O–H groups in total. The number of rotatable bonds is 4. The summed E-state index contributed by atoms with van der Waals surface area (Å²) in [6.07, 6.45) is 7.75. The van der Waals surface area contributed by atoms with Gasteiger partial charge in [-0.25, -0.2) is 0 Å². The van der Waals surface area contributed by atoms with E-state index in [0.29, 0.717) is 18.2 Å². The van der Waals surface area contributed by atoms with Gasteiger partial charge in [0.25, 0.3) is 0 Å². The first-order chi connectivity index (χ1) is 14.0. The number of piperazine rings is 1. The Labute approximate surface area is 174 Å². The van der Waals surface area contributed by atoms with Crippen molar-refractivity contribution in [1.29, 1.82) is 0 Å². The normalized spacial score (nSPS) is 23.1. The minimum Gasteiger partial charge on any atom is -0.368 e. The van der Waals surface area contributed by atoms with Crippen LogP contribution in [-0.2, 0) is 9.59 Å². The van der Waals surface area contributed by atoms with Crippen LogP contribution in [0.25, 0.3) is 0 Å². The highest BCUT2D eigenvalue weighted by atomic mass is 16.2. The van der Waals surface area contributed by atoms with E-state index in [1.165, 1.54) is 31.4 Å². The maximum atomic E-state index is 13.0. The molecule has 3 heterocycles. The number of carbonyl (C=O) groups excluding carboxylic acids is 2. The van der Waals surface area contributed by atoms with Gasteiger partial charge in [-0.1, -0.05) is 12.8 Å². The first kappa shape index (κ1) is 20.2. The van der Waals surface area contributed by atoms with Crippen LogP contribution in [0.5, 0.6) is 0 Å². The number of hydrogen-bond acceptors (Lipinski definition) is 4. The van der Waals surface area contributed by atoms with E-state index in [4.69, 9.17) is 4.98 Å². The van der Waals surface area contributed by atoms with Gasteiger partial charge in [0.1, 0.15) is 0 Å². The Morgan fingerprint density at radius 2 is 1.72 bits per heavy atom. The number of likely N-dealkylation sites (tertiary alicyclic amines) is 1. The van der Waals surface area contributed by atoms with E-state index >= 15 is 0 Å². The Hall–Kier alpha value is -2.11. The molecule has 1 saturated carbocycles. The Morgan fingerprint density at radius 1 is 1.00 bits per heavy atom. The molecule has 1 aromatic heterocycles. The van der Waals surface area contributed by atoms with Gasteiger partial charge >= 0.3 is 0 Å². The molecule has 0 unspecified atom stereocenters. The molecule has 1 aliphatic carbocycles. The summed E-state index contributed by atoms with van der Waals surface area (Å²) < 4.78 is 0. The summed E-state index contributed by atoms with van der Waals surface area (Å²) in [5.41, 5.74) is 3.21. The first-order valence-corrected chi connectivity index (χ1v) is 11.3. The monoisotopic (exact) mass is 398 g/mol. The van der Waals surface area contributed by atoms with Crippen LogP contribution in [0.3, 0.4) is 0 Å². The summed E-state index contributed by atoms with van der Waals surface area (Å²) in [6.45, 7) is 7.76. The molecule has 6 nitrogen and oxygen atoms in total. The minimum absolute atomic E-state index is 0.112. The van der Waals surface area contributed by atoms with E-state index in [2.05, 4.69) is 21.9 Å². The first-order valence-electron chi connectivity index (χ1n) is 11.3. The predicted molar refractivity (Wildman–Crippen MR) is 114 cm³/mol. The number of pyridine rings is 1. The molecule has 4 rings (SSSR count). The lowest BCUT2D eigenvalue weighted by molar-refractivity contribution is -0.133. The lowest BCUT2D eigenvalue weighted by Crippen LogP contribution is -2.48. The van der Waals surface area contributed by atoms with E-state index in [9.17, 15) is 9.59 Å². The van der Waals surface area contributed by atoms with Crippen molar-refractivity contribution in [3.63, 3.8) is 0 Å². The molecule has 3 aliphatic rings. The molecule has 6 heteroatoms. The van der Waals surface area contributed by atoms with Gasteiger partial charge in [0.15, 0.2) is 0 Å². The summed E-state index contributed by atoms with van der Waals surface area (Å²) >= 11 is 0. The quantitative estimate of drug-likeness (QED) is 0.781. The van der Waals surface area contributed by atoms with Crippen LogP contribution in [0, 0.1) is 12.8 Å². The molecule has 0 radical (unpaired) electrons. The summed E-state index contributed by atoms with van der Waals surface area (Å²) in [7, 11) is 0. The maximum Gasteiger partial charge on any atom is 0.223 e. The second-order valence-corrected chi connectivity index (χ2v) is 8.98. The van der Waals surface area contributed by atoms with Gasteiger partial charge in [0.05, 0.1) is 11.7 Å². The van der Waals surface area contributed by atoms with Crippen LogP contribution in [-0.4, -0.2) is 59.3 Å². The second kappa shape index (κ2) is 8.72. The van der Waals surface area contributed by atoms with E-state index in [1.807, 2.05) is 11.8 Å². The van der Waals surface area contributed by atoms with Crippen molar-refractivity contribution >= 4 is 17.5 Å². The van der Waals surface area contributed by atoms with Crippen molar-refractivity contribution < 1.29 is 9.59 Å². The molecule has 0 bridgehead atoms.